The first kappa shape index (κ1) is 34.0. The number of nitrogens with zero attached hydrogens (tertiary/aromatic N) is 5. The van der Waals surface area contributed by atoms with E-state index in [-0.39, 0.29) is 0 Å². The number of aromatic nitrogens is 5. The molecular weight excluding hydrogens is 763 g/mol. The van der Waals surface area contributed by atoms with Gasteiger partial charge >= 0.3 is 0 Å². The molecule has 0 aliphatic heterocycles. The van der Waals surface area contributed by atoms with E-state index in [0.717, 1.165) is 39.0 Å². The Balaban J connectivity index is 1.01. The van der Waals surface area contributed by atoms with Crippen LogP contribution in [0.25, 0.3) is 120 Å². The Hall–Kier alpha value is -7.93. The summed E-state index contributed by atoms with van der Waals surface area (Å²) in [4.78, 5) is 15.5. The lowest BCUT2D eigenvalue weighted by Gasteiger charge is -2.13. The molecule has 13 rings (SSSR count). The van der Waals surface area contributed by atoms with Crippen molar-refractivity contribution < 1.29 is 0 Å². The smallest absolute Gasteiger partial charge is 0.164 e. The van der Waals surface area contributed by atoms with E-state index >= 15 is 0 Å². The van der Waals surface area contributed by atoms with Crippen LogP contribution in [0.1, 0.15) is 0 Å². The second-order valence-electron chi connectivity index (χ2n) is 15.6. The van der Waals surface area contributed by atoms with Gasteiger partial charge in [-0.05, 0) is 77.5 Å². The maximum Gasteiger partial charge on any atom is 0.164 e. The average Bonchev–Trinajstić information content (AvgIpc) is 3.99. The number of hydrogen-bond acceptors (Lipinski definition) is 4. The van der Waals surface area contributed by atoms with Gasteiger partial charge < -0.3 is 9.13 Å². The largest absolute Gasteiger partial charge is 0.307 e. The van der Waals surface area contributed by atoms with Gasteiger partial charge in [-0.3, -0.25) is 0 Å². The molecule has 284 valence electrons. The van der Waals surface area contributed by atoms with Crippen LogP contribution in [-0.4, -0.2) is 24.1 Å². The van der Waals surface area contributed by atoms with Crippen LogP contribution in [0.3, 0.4) is 0 Å². The summed E-state index contributed by atoms with van der Waals surface area (Å²) in [5.41, 5.74) is 9.71. The van der Waals surface area contributed by atoms with Gasteiger partial charge in [-0.15, -0.1) is 11.3 Å². The normalized spacial score (nSPS) is 11.9. The van der Waals surface area contributed by atoms with Crippen LogP contribution < -0.4 is 0 Å². The molecule has 6 heteroatoms. The zero-order valence-corrected chi connectivity index (χ0v) is 33.5. The summed E-state index contributed by atoms with van der Waals surface area (Å²) in [6, 6.07) is 71.5. The van der Waals surface area contributed by atoms with E-state index in [0.29, 0.717) is 17.5 Å². The molecule has 0 radical (unpaired) electrons. The lowest BCUT2D eigenvalue weighted by atomic mass is 10.1. The van der Waals surface area contributed by atoms with Crippen molar-refractivity contribution in [3.8, 4) is 45.5 Å². The van der Waals surface area contributed by atoms with Crippen LogP contribution in [0, 0.1) is 0 Å². The van der Waals surface area contributed by atoms with E-state index in [9.17, 15) is 0 Å². The Labute approximate surface area is 354 Å². The number of para-hydroxylation sites is 3. The number of fused-ring (bicyclic) bond motifs is 11. The van der Waals surface area contributed by atoms with Crippen molar-refractivity contribution in [1.29, 1.82) is 0 Å². The summed E-state index contributed by atoms with van der Waals surface area (Å²) in [6.45, 7) is 0. The van der Waals surface area contributed by atoms with Gasteiger partial charge in [0.05, 0.1) is 22.1 Å². The molecule has 0 atom stereocenters. The van der Waals surface area contributed by atoms with Crippen molar-refractivity contribution in [2.45, 2.75) is 0 Å². The van der Waals surface area contributed by atoms with Gasteiger partial charge in [-0.25, -0.2) is 15.0 Å². The topological polar surface area (TPSA) is 48.5 Å². The molecule has 4 aromatic heterocycles. The van der Waals surface area contributed by atoms with Crippen molar-refractivity contribution in [3.63, 3.8) is 0 Å². The Morgan fingerprint density at radius 2 is 0.787 bits per heavy atom. The third-order valence-electron chi connectivity index (χ3n) is 12.1. The van der Waals surface area contributed by atoms with Crippen LogP contribution >= 0.6 is 11.3 Å². The molecule has 0 N–H and O–H groups in total. The molecule has 0 amide bonds. The monoisotopic (exact) mass is 795 g/mol. The lowest BCUT2D eigenvalue weighted by Crippen LogP contribution is -2.01. The maximum absolute atomic E-state index is 5.20. The van der Waals surface area contributed by atoms with Gasteiger partial charge in [0.1, 0.15) is 0 Å². The standard InChI is InChI=1S/C55H33N5S/c1-2-14-39(15-3-1)59-47-19-9-6-16-41(47)45-30-31-46-42-17-7-10-20-48(42)60(52(46)51(45)59)40-27-24-35(25-28-40)53-56-54(37-23-22-34-12-4-5-13-36(34)32-37)58-55(57-53)38-26-29-44-43-18-8-11-21-49(43)61-50(44)33-38/h1-33H. The minimum absolute atomic E-state index is 0.630. The molecule has 0 fully saturated rings. The zero-order chi connectivity index (χ0) is 40.0. The lowest BCUT2D eigenvalue weighted by molar-refractivity contribution is 1.07. The van der Waals surface area contributed by atoms with E-state index in [1.165, 1.54) is 63.7 Å². The Kier molecular flexibility index (Phi) is 7.41. The first-order valence-electron chi connectivity index (χ1n) is 20.5. The van der Waals surface area contributed by atoms with Gasteiger partial charge in [0.25, 0.3) is 0 Å². The number of thiophene rings is 1. The predicted octanol–water partition coefficient (Wildman–Crippen LogP) is 14.6. The fourth-order valence-electron chi connectivity index (χ4n) is 9.33. The number of hydrogen-bond donors (Lipinski definition) is 0. The molecule has 61 heavy (non-hydrogen) atoms. The second-order valence-corrected chi connectivity index (χ2v) is 16.7. The summed E-state index contributed by atoms with van der Waals surface area (Å²) in [5.74, 6) is 1.92. The third-order valence-corrected chi connectivity index (χ3v) is 13.3. The van der Waals surface area contributed by atoms with Gasteiger partial charge in [0.2, 0.25) is 0 Å². The van der Waals surface area contributed by atoms with Crippen molar-refractivity contribution in [3.05, 3.63) is 200 Å². The first-order valence-corrected chi connectivity index (χ1v) is 21.3. The summed E-state index contributed by atoms with van der Waals surface area (Å²) in [5, 5.41) is 9.72. The van der Waals surface area contributed by atoms with Crippen LogP contribution in [0.15, 0.2) is 200 Å². The molecular formula is C55H33N5S. The molecule has 5 nitrogen and oxygen atoms in total. The predicted molar refractivity (Wildman–Crippen MR) is 255 cm³/mol. The quantitative estimate of drug-likeness (QED) is 0.174. The van der Waals surface area contributed by atoms with Crippen LogP contribution in [0.4, 0.5) is 0 Å². The summed E-state index contributed by atoms with van der Waals surface area (Å²) >= 11 is 1.80. The molecule has 0 spiro atoms. The minimum atomic E-state index is 0.630. The highest BCUT2D eigenvalue weighted by molar-refractivity contribution is 7.25. The fourth-order valence-corrected chi connectivity index (χ4v) is 10.5. The third kappa shape index (κ3) is 5.29. The van der Waals surface area contributed by atoms with E-state index in [2.05, 4.69) is 209 Å². The van der Waals surface area contributed by atoms with Crippen LogP contribution in [0.2, 0.25) is 0 Å². The summed E-state index contributed by atoms with van der Waals surface area (Å²) in [6.07, 6.45) is 0. The Bertz CT molecular complexity index is 3880. The number of benzene rings is 9. The van der Waals surface area contributed by atoms with Gasteiger partial charge in [-0.2, -0.15) is 0 Å². The number of rotatable bonds is 5. The Morgan fingerprint density at radius 1 is 0.311 bits per heavy atom. The molecule has 13 aromatic rings. The average molecular weight is 796 g/mol. The van der Waals surface area contributed by atoms with E-state index in [1.54, 1.807) is 11.3 Å². The van der Waals surface area contributed by atoms with E-state index in [4.69, 9.17) is 15.0 Å². The van der Waals surface area contributed by atoms with Gasteiger partial charge in [-0.1, -0.05) is 133 Å². The van der Waals surface area contributed by atoms with Crippen molar-refractivity contribution in [2.24, 2.45) is 0 Å². The van der Waals surface area contributed by atoms with E-state index in [1.807, 2.05) is 0 Å². The molecule has 4 heterocycles. The fraction of sp³-hybridized carbons (Fsp3) is 0. The molecule has 0 unspecified atom stereocenters. The molecule has 0 saturated heterocycles. The zero-order valence-electron chi connectivity index (χ0n) is 32.7. The van der Waals surface area contributed by atoms with Crippen molar-refractivity contribution >= 4 is 85.9 Å². The van der Waals surface area contributed by atoms with Gasteiger partial charge in [0.15, 0.2) is 17.5 Å². The van der Waals surface area contributed by atoms with Gasteiger partial charge in [0, 0.05) is 69.8 Å². The van der Waals surface area contributed by atoms with Crippen molar-refractivity contribution in [2.75, 3.05) is 0 Å². The molecule has 0 aliphatic carbocycles. The summed E-state index contributed by atoms with van der Waals surface area (Å²) in [7, 11) is 0. The van der Waals surface area contributed by atoms with Crippen LogP contribution in [0.5, 0.6) is 0 Å². The SMILES string of the molecule is c1ccc(-n2c3ccccc3c3ccc4c5ccccc5n(-c5ccc(-c6nc(-c7ccc8ccccc8c7)nc(-c7ccc8c(c7)sc7ccccc78)n6)cc5)c4c32)cc1. The second kappa shape index (κ2) is 13.3. The highest BCUT2D eigenvalue weighted by Gasteiger charge is 2.22. The molecule has 0 aliphatic rings. The van der Waals surface area contributed by atoms with E-state index < -0.39 is 0 Å². The maximum atomic E-state index is 5.20. The highest BCUT2D eigenvalue weighted by Crippen LogP contribution is 2.42. The first-order chi connectivity index (χ1) is 30.2. The van der Waals surface area contributed by atoms with Crippen LogP contribution in [-0.2, 0) is 0 Å². The molecule has 0 bridgehead atoms. The van der Waals surface area contributed by atoms with Crippen molar-refractivity contribution in [1.82, 2.24) is 24.1 Å². The molecule has 0 saturated carbocycles. The minimum Gasteiger partial charge on any atom is -0.307 e. The Morgan fingerprint density at radius 3 is 1.48 bits per heavy atom. The molecule has 9 aromatic carbocycles. The summed E-state index contributed by atoms with van der Waals surface area (Å²) < 4.78 is 7.33. The highest BCUT2D eigenvalue weighted by atomic mass is 32.1.